The number of Topliss-reactive ketones (excluding diaryl/α,β-unsaturated/α-hetero) is 1. The lowest BCUT2D eigenvalue weighted by molar-refractivity contribution is -0.178. The summed E-state index contributed by atoms with van der Waals surface area (Å²) in [7, 11) is -0.219. The van der Waals surface area contributed by atoms with Crippen molar-refractivity contribution in [2.45, 2.75) is 158 Å². The molecule has 3 N–H and O–H groups in total. The van der Waals surface area contributed by atoms with E-state index < -0.39 is 0 Å². The Labute approximate surface area is 629 Å². The molecule has 9 aromatic rings. The molecule has 17 rings (SSSR count). The van der Waals surface area contributed by atoms with Crippen molar-refractivity contribution in [1.29, 1.82) is 0 Å². The minimum Gasteiger partial charge on any atom is -0.400 e. The number of benzene rings is 5. The van der Waals surface area contributed by atoms with Gasteiger partial charge in [0.25, 0.3) is 0 Å². The Morgan fingerprint density at radius 3 is 1.18 bits per heavy atom. The number of allylic oxidation sites excluding steroid dienone is 2. The second-order valence-corrected chi connectivity index (χ2v) is 29.2. The summed E-state index contributed by atoms with van der Waals surface area (Å²) in [6.45, 7) is 12.8. The Bertz CT molecular complexity index is 4110. The van der Waals surface area contributed by atoms with E-state index >= 15 is 0 Å². The summed E-state index contributed by atoms with van der Waals surface area (Å²) in [5.74, 6) is 0.584. The largest absolute Gasteiger partial charge is 0.490 e. The maximum atomic E-state index is 11.2. The SMILES string of the molecule is Brc1ccc(-n2cnnc2)cc1.C1=C(c2ccc(-n3cnnc3)cc2)CCC2(C1)OCCO2.CC1(C)OB(C2=CCC3(CC2)OCCO3)OC1(C)C.Nc1ccc(Br)cc1.O=C1CCC(c2ccc(-n3cnnc3)cc2)CC1.O=CCNC=O.c1cc(-n2cnnc2)ccc1C1CCC2(CC1)OCCO2. The normalized spacial score (nSPS) is 19.4. The Hall–Kier alpha value is -8.55. The van der Waals surface area contributed by atoms with E-state index in [0.29, 0.717) is 43.5 Å². The molecule has 105 heavy (non-hydrogen) atoms. The number of carbonyl (C=O) groups is 3. The van der Waals surface area contributed by atoms with Crippen LogP contribution in [0.1, 0.15) is 146 Å². The van der Waals surface area contributed by atoms with Crippen LogP contribution in [0.3, 0.4) is 0 Å². The number of ketones is 1. The number of nitrogens with zero attached hydrogens (tertiary/aromatic N) is 12. The number of nitrogen functional groups attached to an aromatic ring is 1. The molecule has 4 aliphatic carbocycles. The summed E-state index contributed by atoms with van der Waals surface area (Å²) < 4.78 is 56.4. The fraction of sp³-hybridized carbons (Fsp3) is 0.416. The van der Waals surface area contributed by atoms with Crippen LogP contribution in [-0.2, 0) is 52.1 Å². The molecule has 4 saturated heterocycles. The number of aldehydes is 1. The van der Waals surface area contributed by atoms with Crippen LogP contribution in [0.5, 0.6) is 0 Å². The van der Waals surface area contributed by atoms with E-state index in [4.69, 9.17) is 43.5 Å². The molecule has 2 saturated carbocycles. The highest BCUT2D eigenvalue weighted by Crippen LogP contribution is 2.45. The number of nitrogens with two attached hydrogens (primary N) is 1. The van der Waals surface area contributed by atoms with E-state index in [1.165, 1.54) is 27.7 Å². The Balaban J connectivity index is 0.000000126. The van der Waals surface area contributed by atoms with Gasteiger partial charge in [0.15, 0.2) is 17.4 Å². The molecule has 0 bridgehead atoms. The maximum Gasteiger partial charge on any atom is 0.490 e. The van der Waals surface area contributed by atoms with Crippen molar-refractivity contribution >= 4 is 68.7 Å². The van der Waals surface area contributed by atoms with Crippen LogP contribution in [0.15, 0.2) is 199 Å². The topological polar surface area (TPSA) is 286 Å². The van der Waals surface area contributed by atoms with Gasteiger partial charge in [0.1, 0.15) is 62.7 Å². The van der Waals surface area contributed by atoms with Gasteiger partial charge in [-0.1, -0.05) is 80.4 Å². The van der Waals surface area contributed by atoms with Crippen LogP contribution >= 0.6 is 31.9 Å². The quantitative estimate of drug-likeness (QED) is 0.0526. The number of amides is 1. The zero-order valence-corrected chi connectivity index (χ0v) is 62.9. The van der Waals surface area contributed by atoms with Crippen molar-refractivity contribution in [3.63, 3.8) is 0 Å². The van der Waals surface area contributed by atoms with E-state index in [-0.39, 0.29) is 42.2 Å². The molecule has 552 valence electrons. The predicted octanol–water partition coefficient (Wildman–Crippen LogP) is 13.2. The molecule has 8 aliphatic rings. The molecule has 4 aromatic heterocycles. The summed E-state index contributed by atoms with van der Waals surface area (Å²) in [6.07, 6.45) is 32.2. The third kappa shape index (κ3) is 21.6. The van der Waals surface area contributed by atoms with Crippen LogP contribution in [0.4, 0.5) is 5.69 Å². The zero-order valence-electron chi connectivity index (χ0n) is 59.7. The smallest absolute Gasteiger partial charge is 0.400 e. The molecular weight excluding hydrogens is 1470 g/mol. The fourth-order valence-corrected chi connectivity index (χ4v) is 13.8. The first-order valence-electron chi connectivity index (χ1n) is 35.6. The first-order valence-corrected chi connectivity index (χ1v) is 37.2. The molecule has 0 radical (unpaired) electrons. The van der Waals surface area contributed by atoms with Gasteiger partial charge in [0.2, 0.25) is 6.41 Å². The van der Waals surface area contributed by atoms with Crippen LogP contribution < -0.4 is 11.1 Å². The third-order valence-electron chi connectivity index (χ3n) is 20.0. The zero-order chi connectivity index (χ0) is 73.5. The van der Waals surface area contributed by atoms with E-state index in [9.17, 15) is 14.4 Å². The molecule has 8 heterocycles. The molecule has 0 atom stereocenters. The average molecular weight is 1560 g/mol. The van der Waals surface area contributed by atoms with Gasteiger partial charge in [-0.15, -0.1) is 40.8 Å². The lowest BCUT2D eigenvalue weighted by Gasteiger charge is -2.35. The number of hydrogen-bond donors (Lipinski definition) is 2. The summed E-state index contributed by atoms with van der Waals surface area (Å²) in [5, 5.41) is 32.5. The van der Waals surface area contributed by atoms with Crippen molar-refractivity contribution in [2.75, 3.05) is 51.9 Å². The molecule has 28 heteroatoms. The van der Waals surface area contributed by atoms with Crippen LogP contribution in [0, 0.1) is 0 Å². The highest BCUT2D eigenvalue weighted by Gasteiger charge is 2.53. The maximum absolute atomic E-state index is 11.2. The van der Waals surface area contributed by atoms with Gasteiger partial charge in [0.05, 0.1) is 57.4 Å². The number of rotatable bonds is 11. The van der Waals surface area contributed by atoms with Gasteiger partial charge < -0.3 is 53.6 Å². The number of aromatic nitrogens is 12. The lowest BCUT2D eigenvalue weighted by Crippen LogP contribution is -2.41. The number of ether oxygens (including phenoxy) is 6. The van der Waals surface area contributed by atoms with E-state index in [2.05, 4.69) is 191 Å². The van der Waals surface area contributed by atoms with E-state index in [0.717, 1.165) is 154 Å². The lowest BCUT2D eigenvalue weighted by atomic mass is 9.71. The van der Waals surface area contributed by atoms with Gasteiger partial charge in [-0.25, -0.2) is 0 Å². The number of nitrogens with one attached hydrogen (secondary N) is 1. The monoisotopic (exact) mass is 1560 g/mol. The second-order valence-electron chi connectivity index (χ2n) is 27.3. The fourth-order valence-electron chi connectivity index (χ4n) is 13.3. The highest BCUT2D eigenvalue weighted by molar-refractivity contribution is 9.10. The van der Waals surface area contributed by atoms with Crippen molar-refractivity contribution in [3.8, 4) is 22.7 Å². The van der Waals surface area contributed by atoms with Crippen molar-refractivity contribution in [2.24, 2.45) is 0 Å². The number of hydrogen-bond acceptors (Lipinski definition) is 20. The summed E-state index contributed by atoms with van der Waals surface area (Å²) in [4.78, 5) is 29.9. The molecule has 4 aliphatic heterocycles. The van der Waals surface area contributed by atoms with Crippen molar-refractivity contribution in [3.05, 3.63) is 215 Å². The molecule has 5 aromatic carbocycles. The van der Waals surface area contributed by atoms with Crippen LogP contribution in [0.25, 0.3) is 28.3 Å². The molecule has 25 nitrogen and oxygen atoms in total. The predicted molar refractivity (Wildman–Crippen MR) is 403 cm³/mol. The summed E-state index contributed by atoms with van der Waals surface area (Å²) >= 11 is 6.66. The summed E-state index contributed by atoms with van der Waals surface area (Å²) in [6, 6.07) is 41.1. The Morgan fingerprint density at radius 1 is 0.467 bits per heavy atom. The number of halogens is 2. The number of carbonyl (C=O) groups excluding carboxylic acids is 3. The van der Waals surface area contributed by atoms with E-state index in [1.54, 1.807) is 50.6 Å². The average Bonchev–Trinajstić information content (AvgIpc) is 1.60. The molecule has 6 fully saturated rings. The molecular formula is C77H91BBr2N14O11. The van der Waals surface area contributed by atoms with Gasteiger partial charge in [-0.05, 0) is 191 Å². The van der Waals surface area contributed by atoms with Gasteiger partial charge in [-0.3, -0.25) is 27.9 Å². The second kappa shape index (κ2) is 37.1. The Kier molecular flexibility index (Phi) is 27.4. The first-order chi connectivity index (χ1) is 50.9. The highest BCUT2D eigenvalue weighted by atomic mass is 79.9. The minimum absolute atomic E-state index is 0.115. The molecule has 0 unspecified atom stereocenters. The standard InChI is InChI=1S/C16H19N3O2.C16H17N3O2.C14H23BO4.C14H15N3O.C8H6BrN3.C6H6BrN.C3H5NO2/c2*1-3-15(19-11-17-18-12-19)4-2-13(1)14-5-7-16(8-6-14)20-9-10-21-16;1-12(2)13(3,4)19-15(18-12)11-5-7-14(8-6-11)16-9-10-17-14;18-14-7-3-12(4-8-14)11-1-5-13(6-2-11)17-9-15-16-10-17;9-7-1-3-8(4-2-7)12-5-10-11-6-12;7-5-1-3-6(8)4-2-5;5-2-1-4-3-6/h1-4,11-12,14H,5-10H2;1-5,11-12H,6-10H2;5H,6-10H2,1-4H3;1-2,5-6,9-10,12H,3-4,7-8H2;1-6H;1-4H,8H2;2-3H,1H2,(H,4,6). The van der Waals surface area contributed by atoms with Gasteiger partial charge in [-0.2, -0.15) is 0 Å². The van der Waals surface area contributed by atoms with E-state index in [1.807, 2.05) is 66.8 Å². The van der Waals surface area contributed by atoms with Crippen molar-refractivity contribution in [1.82, 2.24) is 64.4 Å². The Morgan fingerprint density at radius 2 is 0.829 bits per heavy atom. The minimum atomic E-state index is -0.368. The summed E-state index contributed by atoms with van der Waals surface area (Å²) in [5.41, 5.74) is 16.5. The van der Waals surface area contributed by atoms with Crippen LogP contribution in [-0.4, -0.2) is 159 Å². The van der Waals surface area contributed by atoms with Gasteiger partial charge >= 0.3 is 7.12 Å². The third-order valence-corrected chi connectivity index (χ3v) is 21.1. The van der Waals surface area contributed by atoms with Crippen LogP contribution in [0.2, 0.25) is 0 Å². The first kappa shape index (κ1) is 77.6. The van der Waals surface area contributed by atoms with Gasteiger partial charge in [0, 0.05) is 88.7 Å². The van der Waals surface area contributed by atoms with Crippen molar-refractivity contribution < 1.29 is 52.1 Å². The number of anilines is 1. The molecule has 3 spiro atoms. The molecule has 1 amide bonds.